The zero-order chi connectivity index (χ0) is 14.8. The minimum Gasteiger partial charge on any atom is -0.340 e. The molecule has 0 saturated carbocycles. The number of benzene rings is 1. The zero-order valence-corrected chi connectivity index (χ0v) is 11.7. The maximum absolute atomic E-state index is 12.6. The highest BCUT2D eigenvalue weighted by Crippen LogP contribution is 2.22. The second-order valence-electron chi connectivity index (χ2n) is 4.51. The first kappa shape index (κ1) is 15.7. The molecule has 1 aromatic carbocycles. The van der Waals surface area contributed by atoms with Crippen LogP contribution in [0.5, 0.6) is 0 Å². The molecule has 0 aliphatic carbocycles. The molecule has 0 saturated heterocycles. The number of rotatable bonds is 7. The average Bonchev–Trinajstić information content (AvgIpc) is 2.49. The Bertz CT molecular complexity index is 481. The van der Waals surface area contributed by atoms with Crippen LogP contribution in [0, 0.1) is 22.7 Å². The van der Waals surface area contributed by atoms with Gasteiger partial charge >= 0.3 is 0 Å². The Kier molecular flexibility index (Phi) is 6.85. The van der Waals surface area contributed by atoms with Gasteiger partial charge in [0.15, 0.2) is 0 Å². The summed E-state index contributed by atoms with van der Waals surface area (Å²) in [5, 5.41) is 17.4. The van der Waals surface area contributed by atoms with Gasteiger partial charge in [-0.2, -0.15) is 10.5 Å². The number of hydrogen-bond acceptors (Lipinski definition) is 3. The SMILES string of the molecule is CCC(C(=O)N(CCC#N)CCC#N)c1ccccc1. The van der Waals surface area contributed by atoms with E-state index in [1.165, 1.54) is 0 Å². The molecule has 1 amide bonds. The number of nitrogens with zero attached hydrogens (tertiary/aromatic N) is 3. The molecule has 0 radical (unpaired) electrons. The van der Waals surface area contributed by atoms with Crippen molar-refractivity contribution in [2.24, 2.45) is 0 Å². The highest BCUT2D eigenvalue weighted by Gasteiger charge is 2.23. The van der Waals surface area contributed by atoms with Gasteiger partial charge in [-0.05, 0) is 12.0 Å². The van der Waals surface area contributed by atoms with E-state index in [2.05, 4.69) is 0 Å². The van der Waals surface area contributed by atoms with Crippen LogP contribution in [0.1, 0.15) is 37.7 Å². The van der Waals surface area contributed by atoms with Crippen LogP contribution in [-0.2, 0) is 4.79 Å². The molecule has 4 nitrogen and oxygen atoms in total. The number of nitriles is 2. The minimum atomic E-state index is -0.200. The predicted molar refractivity (Wildman–Crippen MR) is 76.5 cm³/mol. The van der Waals surface area contributed by atoms with E-state index in [0.29, 0.717) is 32.4 Å². The summed E-state index contributed by atoms with van der Waals surface area (Å²) in [5.41, 5.74) is 0.985. The summed E-state index contributed by atoms with van der Waals surface area (Å²) in [7, 11) is 0. The van der Waals surface area contributed by atoms with Gasteiger partial charge in [-0.15, -0.1) is 0 Å². The molecule has 0 heterocycles. The van der Waals surface area contributed by atoms with Crippen LogP contribution in [0.15, 0.2) is 30.3 Å². The van der Waals surface area contributed by atoms with Crippen molar-refractivity contribution in [2.75, 3.05) is 13.1 Å². The molecule has 1 rings (SSSR count). The third kappa shape index (κ3) is 4.40. The first-order chi connectivity index (χ1) is 9.74. The smallest absolute Gasteiger partial charge is 0.230 e. The van der Waals surface area contributed by atoms with Crippen molar-refractivity contribution in [1.29, 1.82) is 10.5 Å². The summed E-state index contributed by atoms with van der Waals surface area (Å²) in [6, 6.07) is 13.7. The van der Waals surface area contributed by atoms with Gasteiger partial charge < -0.3 is 4.90 Å². The molecule has 0 aliphatic rings. The van der Waals surface area contributed by atoms with Gasteiger partial charge in [-0.3, -0.25) is 4.79 Å². The molecule has 0 aliphatic heterocycles. The van der Waals surface area contributed by atoms with E-state index in [-0.39, 0.29) is 11.8 Å². The van der Waals surface area contributed by atoms with Crippen molar-refractivity contribution in [2.45, 2.75) is 32.1 Å². The lowest BCUT2D eigenvalue weighted by molar-refractivity contribution is -0.132. The van der Waals surface area contributed by atoms with Crippen molar-refractivity contribution in [3.63, 3.8) is 0 Å². The Morgan fingerprint density at radius 1 is 1.15 bits per heavy atom. The molecular formula is C16H19N3O. The molecular weight excluding hydrogens is 250 g/mol. The quantitative estimate of drug-likeness (QED) is 0.764. The largest absolute Gasteiger partial charge is 0.340 e. The van der Waals surface area contributed by atoms with Gasteiger partial charge in [0.1, 0.15) is 0 Å². The molecule has 20 heavy (non-hydrogen) atoms. The van der Waals surface area contributed by atoms with Gasteiger partial charge in [-0.25, -0.2) is 0 Å². The molecule has 0 spiro atoms. The van der Waals surface area contributed by atoms with E-state index in [4.69, 9.17) is 10.5 Å². The number of amides is 1. The predicted octanol–water partition coefficient (Wildman–Crippen LogP) is 2.84. The Morgan fingerprint density at radius 3 is 2.15 bits per heavy atom. The van der Waals surface area contributed by atoms with Crippen LogP contribution in [0.2, 0.25) is 0 Å². The fourth-order valence-corrected chi connectivity index (χ4v) is 2.16. The molecule has 0 fully saturated rings. The van der Waals surface area contributed by atoms with Crippen LogP contribution in [0.3, 0.4) is 0 Å². The number of carbonyl (C=O) groups is 1. The summed E-state index contributed by atoms with van der Waals surface area (Å²) in [5.74, 6) is -0.196. The Labute approximate surface area is 120 Å². The van der Waals surface area contributed by atoms with E-state index in [9.17, 15) is 4.79 Å². The second kappa shape index (κ2) is 8.72. The van der Waals surface area contributed by atoms with Gasteiger partial charge in [0.25, 0.3) is 0 Å². The van der Waals surface area contributed by atoms with E-state index in [0.717, 1.165) is 5.56 Å². The molecule has 1 atom stereocenters. The lowest BCUT2D eigenvalue weighted by Crippen LogP contribution is -2.36. The van der Waals surface area contributed by atoms with Crippen molar-refractivity contribution < 1.29 is 4.79 Å². The van der Waals surface area contributed by atoms with Gasteiger partial charge in [0, 0.05) is 13.1 Å². The lowest BCUT2D eigenvalue weighted by atomic mass is 9.95. The Morgan fingerprint density at radius 2 is 1.70 bits per heavy atom. The van der Waals surface area contributed by atoms with Crippen LogP contribution >= 0.6 is 0 Å². The van der Waals surface area contributed by atoms with Crippen LogP contribution < -0.4 is 0 Å². The standard InChI is InChI=1S/C16H19N3O/c1-2-15(14-8-4-3-5-9-14)16(20)19(12-6-10-17)13-7-11-18/h3-5,8-9,15H,2,6-7,12-13H2,1H3. The Hall–Kier alpha value is -2.33. The molecule has 4 heteroatoms. The number of carbonyl (C=O) groups excluding carboxylic acids is 1. The molecule has 1 aromatic rings. The van der Waals surface area contributed by atoms with Crippen molar-refractivity contribution in [3.8, 4) is 12.1 Å². The van der Waals surface area contributed by atoms with Crippen molar-refractivity contribution >= 4 is 5.91 Å². The average molecular weight is 269 g/mol. The first-order valence-electron chi connectivity index (χ1n) is 6.82. The second-order valence-corrected chi connectivity index (χ2v) is 4.51. The maximum atomic E-state index is 12.6. The third-order valence-electron chi connectivity index (χ3n) is 3.21. The van der Waals surface area contributed by atoms with Crippen LogP contribution in [0.4, 0.5) is 0 Å². The fraction of sp³-hybridized carbons (Fsp3) is 0.438. The van der Waals surface area contributed by atoms with Gasteiger partial charge in [0.2, 0.25) is 5.91 Å². The first-order valence-corrected chi connectivity index (χ1v) is 6.82. The van der Waals surface area contributed by atoms with Crippen LogP contribution in [-0.4, -0.2) is 23.9 Å². The maximum Gasteiger partial charge on any atom is 0.230 e. The summed E-state index contributed by atoms with van der Waals surface area (Å²) in [4.78, 5) is 14.2. The summed E-state index contributed by atoms with van der Waals surface area (Å²) < 4.78 is 0. The molecule has 1 unspecified atom stereocenters. The van der Waals surface area contributed by atoms with Gasteiger partial charge in [-0.1, -0.05) is 37.3 Å². The summed E-state index contributed by atoms with van der Waals surface area (Å²) >= 11 is 0. The van der Waals surface area contributed by atoms with E-state index < -0.39 is 0 Å². The topological polar surface area (TPSA) is 67.9 Å². The lowest BCUT2D eigenvalue weighted by Gasteiger charge is -2.25. The summed E-state index contributed by atoms with van der Waals surface area (Å²) in [6.45, 7) is 2.75. The number of hydrogen-bond donors (Lipinski definition) is 0. The zero-order valence-electron chi connectivity index (χ0n) is 11.7. The highest BCUT2D eigenvalue weighted by molar-refractivity contribution is 5.83. The van der Waals surface area contributed by atoms with Gasteiger partial charge in [0.05, 0.1) is 30.9 Å². The normalized spacial score (nSPS) is 11.2. The Balaban J connectivity index is 2.85. The molecule has 0 N–H and O–H groups in total. The molecule has 0 bridgehead atoms. The molecule has 0 aromatic heterocycles. The van der Waals surface area contributed by atoms with E-state index in [1.54, 1.807) is 4.90 Å². The van der Waals surface area contributed by atoms with E-state index >= 15 is 0 Å². The van der Waals surface area contributed by atoms with E-state index in [1.807, 2.05) is 49.4 Å². The fourth-order valence-electron chi connectivity index (χ4n) is 2.16. The molecule has 104 valence electrons. The minimum absolute atomic E-state index is 0.00389. The third-order valence-corrected chi connectivity index (χ3v) is 3.21. The van der Waals surface area contributed by atoms with Crippen LogP contribution in [0.25, 0.3) is 0 Å². The van der Waals surface area contributed by atoms with Crippen molar-refractivity contribution in [1.82, 2.24) is 4.90 Å². The van der Waals surface area contributed by atoms with Crippen molar-refractivity contribution in [3.05, 3.63) is 35.9 Å². The summed E-state index contributed by atoms with van der Waals surface area (Å²) in [6.07, 6.45) is 1.29. The monoisotopic (exact) mass is 269 g/mol. The highest BCUT2D eigenvalue weighted by atomic mass is 16.2.